The summed E-state index contributed by atoms with van der Waals surface area (Å²) in [6.07, 6.45) is -0.258. The van der Waals surface area contributed by atoms with Crippen LogP contribution in [0, 0.1) is 0 Å². The summed E-state index contributed by atoms with van der Waals surface area (Å²) in [5.74, 6) is 0.716. The van der Waals surface area contributed by atoms with E-state index in [1.165, 1.54) is 0 Å². The predicted molar refractivity (Wildman–Crippen MR) is 121 cm³/mol. The molecule has 1 aliphatic rings. The second kappa shape index (κ2) is 8.38. The zero-order valence-electron chi connectivity index (χ0n) is 17.3. The molecule has 1 fully saturated rings. The number of methoxy groups -OCH3 is 1. The molecule has 1 aliphatic heterocycles. The first kappa shape index (κ1) is 19.6. The van der Waals surface area contributed by atoms with Crippen LogP contribution in [0.4, 0.5) is 0 Å². The van der Waals surface area contributed by atoms with Gasteiger partial charge >= 0.3 is 0 Å². The molecule has 0 bridgehead atoms. The predicted octanol–water partition coefficient (Wildman–Crippen LogP) is 6.43. The number of hydrogen-bond donors (Lipinski definition) is 0. The molecular formula is C28H24O3. The van der Waals surface area contributed by atoms with Crippen LogP contribution in [0.2, 0.25) is 0 Å². The van der Waals surface area contributed by atoms with Crippen LogP contribution in [0.15, 0.2) is 115 Å². The normalized spacial score (nSPS) is 22.9. The topological polar surface area (TPSA) is 27.7 Å². The summed E-state index contributed by atoms with van der Waals surface area (Å²) in [6, 6.07) is 39.2. The minimum atomic E-state index is -0.810. The van der Waals surface area contributed by atoms with Gasteiger partial charge in [-0.15, -0.1) is 0 Å². The lowest BCUT2D eigenvalue weighted by atomic mass is 9.70. The standard InChI is InChI=1S/C28H24O3/c1-29-25-19-17-24(18-20-25)28(23-15-9-4-10-16-23)26(21-11-5-2-6-12-21)27(30-31-28)22-13-7-3-8-14-22/h2-20,26-27H,1H3/t26-,27+,28-/m1/s1. The molecule has 0 amide bonds. The summed E-state index contributed by atoms with van der Waals surface area (Å²) in [5, 5.41) is 0. The Morgan fingerprint density at radius 1 is 0.613 bits per heavy atom. The van der Waals surface area contributed by atoms with Gasteiger partial charge in [-0.05, 0) is 34.4 Å². The third kappa shape index (κ3) is 3.42. The zero-order chi connectivity index (χ0) is 21.1. The summed E-state index contributed by atoms with van der Waals surface area (Å²) in [6.45, 7) is 0. The van der Waals surface area contributed by atoms with Gasteiger partial charge < -0.3 is 4.74 Å². The molecule has 3 nitrogen and oxygen atoms in total. The molecule has 3 heteroatoms. The first-order valence-corrected chi connectivity index (χ1v) is 10.5. The fraction of sp³-hybridized carbons (Fsp3) is 0.143. The second-order valence-corrected chi connectivity index (χ2v) is 7.73. The van der Waals surface area contributed by atoms with E-state index in [2.05, 4.69) is 60.7 Å². The Labute approximate surface area is 182 Å². The van der Waals surface area contributed by atoms with Crippen LogP contribution in [-0.2, 0) is 15.4 Å². The van der Waals surface area contributed by atoms with E-state index in [0.717, 1.165) is 28.0 Å². The molecule has 1 heterocycles. The van der Waals surface area contributed by atoms with Gasteiger partial charge in [-0.1, -0.05) is 103 Å². The first-order valence-electron chi connectivity index (χ1n) is 10.5. The third-order valence-electron chi connectivity index (χ3n) is 6.03. The van der Waals surface area contributed by atoms with Crippen molar-refractivity contribution in [3.8, 4) is 5.75 Å². The molecule has 0 N–H and O–H groups in total. The first-order chi connectivity index (χ1) is 15.3. The number of ether oxygens (including phenoxy) is 1. The van der Waals surface area contributed by atoms with Crippen molar-refractivity contribution in [1.82, 2.24) is 0 Å². The minimum Gasteiger partial charge on any atom is -0.497 e. The molecule has 0 spiro atoms. The van der Waals surface area contributed by atoms with Crippen molar-refractivity contribution in [2.45, 2.75) is 17.6 Å². The molecule has 1 saturated heterocycles. The van der Waals surface area contributed by atoms with Gasteiger partial charge in [-0.25, -0.2) is 9.78 Å². The van der Waals surface area contributed by atoms with Crippen molar-refractivity contribution in [3.05, 3.63) is 138 Å². The van der Waals surface area contributed by atoms with Crippen LogP contribution in [-0.4, -0.2) is 7.11 Å². The molecule has 5 rings (SSSR count). The van der Waals surface area contributed by atoms with Crippen LogP contribution in [0.5, 0.6) is 5.75 Å². The van der Waals surface area contributed by atoms with E-state index in [4.69, 9.17) is 14.5 Å². The van der Waals surface area contributed by atoms with E-state index < -0.39 is 5.60 Å². The summed E-state index contributed by atoms with van der Waals surface area (Å²) in [5.41, 5.74) is 3.51. The van der Waals surface area contributed by atoms with E-state index in [1.54, 1.807) is 7.11 Å². The van der Waals surface area contributed by atoms with Gasteiger partial charge in [-0.2, -0.15) is 0 Å². The molecule has 4 aromatic carbocycles. The molecular weight excluding hydrogens is 384 g/mol. The smallest absolute Gasteiger partial charge is 0.163 e. The van der Waals surface area contributed by atoms with Crippen molar-refractivity contribution in [3.63, 3.8) is 0 Å². The quantitative estimate of drug-likeness (QED) is 0.356. The van der Waals surface area contributed by atoms with Crippen molar-refractivity contribution < 1.29 is 14.5 Å². The van der Waals surface area contributed by atoms with Crippen LogP contribution in [0.25, 0.3) is 0 Å². The SMILES string of the molecule is COc1ccc([C@@]2(c3ccccc3)OO[C@@H](c3ccccc3)[C@H]2c2ccccc2)cc1. The molecule has 31 heavy (non-hydrogen) atoms. The lowest BCUT2D eigenvalue weighted by molar-refractivity contribution is -0.322. The number of benzene rings is 4. The maximum absolute atomic E-state index is 6.38. The van der Waals surface area contributed by atoms with Crippen LogP contribution >= 0.6 is 0 Å². The molecule has 154 valence electrons. The van der Waals surface area contributed by atoms with Gasteiger partial charge in [0.25, 0.3) is 0 Å². The second-order valence-electron chi connectivity index (χ2n) is 7.73. The van der Waals surface area contributed by atoms with Gasteiger partial charge in [-0.3, -0.25) is 0 Å². The van der Waals surface area contributed by atoms with E-state index in [1.807, 2.05) is 54.6 Å². The highest BCUT2D eigenvalue weighted by Gasteiger charge is 2.55. The summed E-state index contributed by atoms with van der Waals surface area (Å²) in [7, 11) is 1.68. The molecule has 0 unspecified atom stereocenters. The van der Waals surface area contributed by atoms with E-state index in [9.17, 15) is 0 Å². The lowest BCUT2D eigenvalue weighted by Crippen LogP contribution is -2.34. The number of hydrogen-bond acceptors (Lipinski definition) is 3. The maximum Gasteiger partial charge on any atom is 0.163 e. The molecule has 3 atom stereocenters. The van der Waals surface area contributed by atoms with Crippen LogP contribution < -0.4 is 4.74 Å². The van der Waals surface area contributed by atoms with E-state index in [-0.39, 0.29) is 12.0 Å². The molecule has 0 aromatic heterocycles. The molecule has 0 saturated carbocycles. The largest absolute Gasteiger partial charge is 0.497 e. The highest BCUT2D eigenvalue weighted by Crippen LogP contribution is 2.57. The highest BCUT2D eigenvalue weighted by atomic mass is 17.2. The van der Waals surface area contributed by atoms with Crippen molar-refractivity contribution in [2.75, 3.05) is 7.11 Å². The van der Waals surface area contributed by atoms with Crippen LogP contribution in [0.1, 0.15) is 34.3 Å². The van der Waals surface area contributed by atoms with Gasteiger partial charge in [0.15, 0.2) is 5.60 Å². The Bertz CT molecular complexity index is 1110. The van der Waals surface area contributed by atoms with Gasteiger partial charge in [0.05, 0.1) is 13.0 Å². The summed E-state index contributed by atoms with van der Waals surface area (Å²) >= 11 is 0. The Kier molecular flexibility index (Phi) is 5.29. The Morgan fingerprint density at radius 3 is 1.71 bits per heavy atom. The third-order valence-corrected chi connectivity index (χ3v) is 6.03. The average molecular weight is 408 g/mol. The fourth-order valence-corrected chi connectivity index (χ4v) is 4.56. The summed E-state index contributed by atoms with van der Waals surface area (Å²) in [4.78, 5) is 12.5. The molecule has 4 aromatic rings. The van der Waals surface area contributed by atoms with Crippen molar-refractivity contribution in [1.29, 1.82) is 0 Å². The van der Waals surface area contributed by atoms with Crippen molar-refractivity contribution >= 4 is 0 Å². The fourth-order valence-electron chi connectivity index (χ4n) is 4.56. The molecule has 0 radical (unpaired) electrons. The number of rotatable bonds is 5. The van der Waals surface area contributed by atoms with Gasteiger partial charge in [0.1, 0.15) is 11.9 Å². The Morgan fingerprint density at radius 2 is 1.13 bits per heavy atom. The highest BCUT2D eigenvalue weighted by molar-refractivity contribution is 5.46. The zero-order valence-corrected chi connectivity index (χ0v) is 17.3. The Balaban J connectivity index is 1.75. The summed E-state index contributed by atoms with van der Waals surface area (Å²) < 4.78 is 5.40. The van der Waals surface area contributed by atoms with E-state index in [0.29, 0.717) is 0 Å². The average Bonchev–Trinajstić information content (AvgIpc) is 3.27. The monoisotopic (exact) mass is 408 g/mol. The van der Waals surface area contributed by atoms with Gasteiger partial charge in [0, 0.05) is 0 Å². The van der Waals surface area contributed by atoms with Crippen LogP contribution in [0.3, 0.4) is 0 Å². The van der Waals surface area contributed by atoms with Crippen molar-refractivity contribution in [2.24, 2.45) is 0 Å². The van der Waals surface area contributed by atoms with Gasteiger partial charge in [0.2, 0.25) is 0 Å². The molecule has 0 aliphatic carbocycles. The Hall–Kier alpha value is -3.40. The maximum atomic E-state index is 6.38. The van der Waals surface area contributed by atoms with E-state index >= 15 is 0 Å². The minimum absolute atomic E-state index is 0.0908. The lowest BCUT2D eigenvalue weighted by Gasteiger charge is -2.34.